The molecule has 6 aromatic carbocycles. The SMILES string of the molecule is CCOc1cc(/C=C2\N=C(c3ccc(NC(C)=O)cc3)OC2=O)ccc1OC(=O)c1cccs1.COc1cc(/C=C2\N=C(c3ccc(NC(=O)C4CCCC4)cc3)OC2=O)ccc1OC(=O)c1cccs1.COc1cc(/C=C2\N=C(c3ccc(NC(=O)OC(C)(C)C)cc3)OC2=O)ccc1OC(=O)c1cccs1. The highest BCUT2D eigenvalue weighted by Gasteiger charge is 2.29. The third-order valence-corrected chi connectivity index (χ3v) is 18.1. The summed E-state index contributed by atoms with van der Waals surface area (Å²) in [6.45, 7) is 8.93. The fourth-order valence-electron chi connectivity index (χ4n) is 10.5. The Morgan fingerprint density at radius 2 is 0.824 bits per heavy atom. The van der Waals surface area contributed by atoms with Crippen LogP contribution in [0.3, 0.4) is 0 Å². The predicted molar refractivity (Wildman–Crippen MR) is 407 cm³/mol. The number of aliphatic imine (C=N–C) groups is 3. The van der Waals surface area contributed by atoms with Gasteiger partial charge in [-0.1, -0.05) is 49.2 Å². The Labute approximate surface area is 630 Å². The number of nitrogens with one attached hydrogen (secondary N) is 3. The average Bonchev–Trinajstić information content (AvgIpc) is 1.66. The zero-order chi connectivity index (χ0) is 76.4. The van der Waals surface area contributed by atoms with Crippen molar-refractivity contribution in [1.29, 1.82) is 0 Å². The Bertz CT molecular complexity index is 5070. The zero-order valence-electron chi connectivity index (χ0n) is 59.0. The average molecular weight is 1510 g/mol. The number of nitrogens with zero attached hydrogens (tertiary/aromatic N) is 3. The molecule has 108 heavy (non-hydrogen) atoms. The quantitative estimate of drug-likeness (QED) is 0.0276. The Balaban J connectivity index is 0.000000161. The summed E-state index contributed by atoms with van der Waals surface area (Å²) in [6.07, 6.45) is 8.16. The van der Waals surface area contributed by atoms with E-state index in [-0.39, 0.29) is 69.8 Å². The molecule has 1 saturated carbocycles. The molecule has 4 aliphatic rings. The van der Waals surface area contributed by atoms with Gasteiger partial charge in [-0.05, 0) is 219 Å². The predicted octanol–water partition coefficient (Wildman–Crippen LogP) is 15.8. The highest BCUT2D eigenvalue weighted by molar-refractivity contribution is 7.12. The third kappa shape index (κ3) is 20.5. The number of hydrogen-bond acceptors (Lipinski definition) is 25. The van der Waals surface area contributed by atoms with Crippen molar-refractivity contribution in [3.8, 4) is 34.5 Å². The Morgan fingerprint density at radius 3 is 1.16 bits per heavy atom. The second kappa shape index (κ2) is 35.2. The van der Waals surface area contributed by atoms with Gasteiger partial charge in [0.1, 0.15) is 20.2 Å². The van der Waals surface area contributed by atoms with Gasteiger partial charge >= 0.3 is 41.9 Å². The van der Waals surface area contributed by atoms with Gasteiger partial charge in [0.25, 0.3) is 0 Å². The first kappa shape index (κ1) is 76.2. The number of amides is 3. The molecule has 13 rings (SSSR count). The molecular formula is C80H68N6O19S3. The largest absolute Gasteiger partial charge is 0.493 e. The fraction of sp³-hybridized carbons (Fsp3) is 0.175. The van der Waals surface area contributed by atoms with Gasteiger partial charge in [-0.2, -0.15) is 0 Å². The second-order valence-corrected chi connectivity index (χ2v) is 27.4. The van der Waals surface area contributed by atoms with Crippen molar-refractivity contribution in [2.45, 2.75) is 65.9 Å². The molecule has 0 unspecified atom stereocenters. The number of anilines is 3. The van der Waals surface area contributed by atoms with E-state index in [1.54, 1.807) is 219 Å². The van der Waals surface area contributed by atoms with E-state index in [1.165, 1.54) is 55.2 Å². The maximum absolute atomic E-state index is 12.5. The Kier molecular flexibility index (Phi) is 24.9. The van der Waals surface area contributed by atoms with Crippen molar-refractivity contribution < 1.29 is 90.5 Å². The molecule has 0 atom stereocenters. The molecule has 0 bridgehead atoms. The fourth-order valence-corrected chi connectivity index (χ4v) is 12.3. The summed E-state index contributed by atoms with van der Waals surface area (Å²) in [7, 11) is 2.92. The minimum Gasteiger partial charge on any atom is -0.493 e. The number of ether oxygens (including phenoxy) is 10. The van der Waals surface area contributed by atoms with Crippen molar-refractivity contribution in [3.05, 3.63) is 245 Å². The van der Waals surface area contributed by atoms with Gasteiger partial charge in [-0.15, -0.1) is 34.0 Å². The number of hydrogen-bond donors (Lipinski definition) is 3. The molecule has 9 aromatic rings. The first-order valence-corrected chi connectivity index (χ1v) is 36.1. The second-order valence-electron chi connectivity index (χ2n) is 24.6. The lowest BCUT2D eigenvalue weighted by atomic mass is 10.1. The zero-order valence-corrected chi connectivity index (χ0v) is 61.4. The first-order chi connectivity index (χ1) is 52.0. The summed E-state index contributed by atoms with van der Waals surface area (Å²) < 4.78 is 53.9. The summed E-state index contributed by atoms with van der Waals surface area (Å²) in [6, 6.07) is 45.6. The molecule has 3 aromatic heterocycles. The highest BCUT2D eigenvalue weighted by Crippen LogP contribution is 2.36. The normalized spacial score (nSPS) is 14.8. The van der Waals surface area contributed by atoms with Crippen molar-refractivity contribution >= 4 is 141 Å². The summed E-state index contributed by atoms with van der Waals surface area (Å²) >= 11 is 3.85. The van der Waals surface area contributed by atoms with Crippen LogP contribution in [0.2, 0.25) is 0 Å². The van der Waals surface area contributed by atoms with E-state index >= 15 is 0 Å². The molecule has 6 heterocycles. The van der Waals surface area contributed by atoms with Gasteiger partial charge in [-0.25, -0.2) is 48.5 Å². The van der Waals surface area contributed by atoms with E-state index in [9.17, 15) is 43.2 Å². The monoisotopic (exact) mass is 1510 g/mol. The molecule has 0 saturated heterocycles. The van der Waals surface area contributed by atoms with E-state index in [2.05, 4.69) is 30.9 Å². The van der Waals surface area contributed by atoms with Crippen LogP contribution in [0.15, 0.2) is 212 Å². The molecule has 0 radical (unpaired) electrons. The lowest BCUT2D eigenvalue weighted by Gasteiger charge is -2.19. The summed E-state index contributed by atoms with van der Waals surface area (Å²) in [5.41, 5.74) is 5.16. The molecule has 0 spiro atoms. The molecule has 3 N–H and O–H groups in total. The van der Waals surface area contributed by atoms with Gasteiger partial charge in [0.15, 0.2) is 51.6 Å². The molecule has 3 aliphatic heterocycles. The summed E-state index contributed by atoms with van der Waals surface area (Å²) in [4.78, 5) is 124. The molecule has 1 fully saturated rings. The van der Waals surface area contributed by atoms with Crippen LogP contribution >= 0.6 is 34.0 Å². The number of carbonyl (C=O) groups is 9. The smallest absolute Gasteiger partial charge is 0.412 e. The maximum Gasteiger partial charge on any atom is 0.412 e. The van der Waals surface area contributed by atoms with E-state index in [0.717, 1.165) is 25.7 Å². The van der Waals surface area contributed by atoms with Crippen LogP contribution in [0, 0.1) is 5.92 Å². The summed E-state index contributed by atoms with van der Waals surface area (Å²) in [5, 5.41) is 13.6. The van der Waals surface area contributed by atoms with Gasteiger partial charge in [0.2, 0.25) is 29.5 Å². The highest BCUT2D eigenvalue weighted by atomic mass is 32.1. The lowest BCUT2D eigenvalue weighted by Crippen LogP contribution is -2.27. The van der Waals surface area contributed by atoms with Crippen molar-refractivity contribution in [2.75, 3.05) is 36.8 Å². The number of rotatable bonds is 20. The molecule has 1 aliphatic carbocycles. The number of esters is 6. The van der Waals surface area contributed by atoms with Crippen LogP contribution in [-0.2, 0) is 42.9 Å². The van der Waals surface area contributed by atoms with Gasteiger partial charge in [0.05, 0.1) is 20.8 Å². The van der Waals surface area contributed by atoms with Crippen LogP contribution in [0.25, 0.3) is 18.2 Å². The number of cyclic esters (lactones) is 3. The van der Waals surface area contributed by atoms with E-state index in [4.69, 9.17) is 47.4 Å². The van der Waals surface area contributed by atoms with Crippen LogP contribution in [0.5, 0.6) is 34.5 Å². The molecule has 550 valence electrons. The Hall–Kier alpha value is -12.9. The Morgan fingerprint density at radius 1 is 0.472 bits per heavy atom. The lowest BCUT2D eigenvalue weighted by molar-refractivity contribution is -0.130. The van der Waals surface area contributed by atoms with E-state index < -0.39 is 47.5 Å². The van der Waals surface area contributed by atoms with Crippen LogP contribution in [0.1, 0.15) is 123 Å². The minimum absolute atomic E-state index is 0.0443. The number of thiophene rings is 3. The number of benzene rings is 6. The topological polar surface area (TPSA) is 319 Å². The van der Waals surface area contributed by atoms with Crippen molar-refractivity contribution in [1.82, 2.24) is 0 Å². The van der Waals surface area contributed by atoms with Gasteiger partial charge in [0, 0.05) is 46.6 Å². The van der Waals surface area contributed by atoms with Crippen LogP contribution in [0.4, 0.5) is 21.9 Å². The first-order valence-electron chi connectivity index (χ1n) is 33.4. The molecule has 25 nitrogen and oxygen atoms in total. The van der Waals surface area contributed by atoms with Crippen LogP contribution in [-0.4, -0.2) is 97.8 Å². The van der Waals surface area contributed by atoms with E-state index in [0.29, 0.717) is 88.9 Å². The van der Waals surface area contributed by atoms with Crippen molar-refractivity contribution in [2.24, 2.45) is 20.9 Å². The minimum atomic E-state index is -0.613. The van der Waals surface area contributed by atoms with Crippen LogP contribution < -0.4 is 44.4 Å². The maximum atomic E-state index is 12.5. The van der Waals surface area contributed by atoms with Gasteiger partial charge in [-0.3, -0.25) is 14.9 Å². The molecule has 28 heteroatoms. The summed E-state index contributed by atoms with van der Waals surface area (Å²) in [5.74, 6) is -0.980. The van der Waals surface area contributed by atoms with Gasteiger partial charge < -0.3 is 58.0 Å². The molecular weight excluding hydrogens is 1450 g/mol. The number of methoxy groups -OCH3 is 2. The molecule has 3 amide bonds. The number of carbonyl (C=O) groups excluding carboxylic acids is 9. The van der Waals surface area contributed by atoms with E-state index in [1.807, 2.05) is 6.92 Å². The van der Waals surface area contributed by atoms with Crippen molar-refractivity contribution in [3.63, 3.8) is 0 Å². The standard InChI is InChI=1S/C28H24N2O6S.C27H24N2O7S.C25H20N2O6S/c1-34-23-16-17(8-13-22(23)35-28(33)24-7-4-14-37-24)15-21-27(32)36-26(30-21)19-9-11-20(12-10-19)29-25(31)18-5-2-3-6-18;1-27(2,3)36-26(32)28-18-10-8-17(9-11-18)23-29-19(24(30)35-23)14-16-7-12-20(21(15-16)33-4)34-25(31)22-6-5-13-37-22;1-3-31-21-14-16(6-11-20(21)32-25(30)22-5-4-12-34-22)13-19-24(29)33-23(27-19)17-7-9-18(10-8-17)26-15(2)28/h4,7-16,18H,2-3,5-6H2,1H3,(H,29,31);5-15H,1-4H3,(H,28,32);4-14H,3H2,1-2H3,(H,26,28)/b21-15-;19-14-;19-13-. The third-order valence-electron chi connectivity index (χ3n) is 15.5.